The van der Waals surface area contributed by atoms with Gasteiger partial charge in [0.25, 0.3) is 0 Å². The molecule has 0 unspecified atom stereocenters. The summed E-state index contributed by atoms with van der Waals surface area (Å²) < 4.78 is 13.1. The first-order valence-corrected chi connectivity index (χ1v) is 6.61. The van der Waals surface area contributed by atoms with Crippen LogP contribution in [0.3, 0.4) is 0 Å². The van der Waals surface area contributed by atoms with Gasteiger partial charge < -0.3 is 14.0 Å². The third kappa shape index (κ3) is 2.68. The molecule has 1 heterocycles. The Balaban J connectivity index is 1.69. The zero-order valence-electron chi connectivity index (χ0n) is 11.5. The summed E-state index contributed by atoms with van der Waals surface area (Å²) in [7, 11) is 1.68. The largest absolute Gasteiger partial charge is 0.497 e. The quantitative estimate of drug-likeness (QED) is 0.701. The van der Waals surface area contributed by atoms with E-state index in [1.807, 2.05) is 36.5 Å². The Morgan fingerprint density at radius 2 is 1.85 bits per heavy atom. The Labute approximate surface area is 118 Å². The van der Waals surface area contributed by atoms with Crippen LogP contribution in [-0.2, 0) is 18.1 Å². The maximum Gasteiger partial charge on any atom is 0.123 e. The minimum atomic E-state index is 0.546. The van der Waals surface area contributed by atoms with Gasteiger partial charge in [-0.3, -0.25) is 0 Å². The molecule has 0 saturated heterocycles. The topological polar surface area (TPSA) is 23.4 Å². The van der Waals surface area contributed by atoms with Gasteiger partial charge in [-0.25, -0.2) is 0 Å². The minimum Gasteiger partial charge on any atom is -0.497 e. The van der Waals surface area contributed by atoms with Crippen molar-refractivity contribution in [1.82, 2.24) is 4.57 Å². The summed E-state index contributed by atoms with van der Waals surface area (Å²) in [6, 6.07) is 18.3. The summed E-state index contributed by atoms with van der Waals surface area (Å²) in [5.41, 5.74) is 2.34. The van der Waals surface area contributed by atoms with Crippen molar-refractivity contribution in [2.45, 2.75) is 13.3 Å². The highest BCUT2D eigenvalue weighted by atomic mass is 16.5. The summed E-state index contributed by atoms with van der Waals surface area (Å²) >= 11 is 0. The molecular formula is C17H17NO2. The van der Waals surface area contributed by atoms with E-state index in [9.17, 15) is 0 Å². The zero-order chi connectivity index (χ0) is 13.8. The molecule has 3 nitrogen and oxygen atoms in total. The number of hydrogen-bond acceptors (Lipinski definition) is 2. The summed E-state index contributed by atoms with van der Waals surface area (Å²) in [4.78, 5) is 0. The summed E-state index contributed by atoms with van der Waals surface area (Å²) in [5, 5.41) is 1.16. The Morgan fingerprint density at radius 3 is 2.65 bits per heavy atom. The van der Waals surface area contributed by atoms with Crippen LogP contribution in [0.2, 0.25) is 0 Å². The van der Waals surface area contributed by atoms with Crippen molar-refractivity contribution in [3.63, 3.8) is 0 Å². The van der Waals surface area contributed by atoms with Crippen molar-refractivity contribution < 1.29 is 9.47 Å². The molecule has 0 amide bonds. The van der Waals surface area contributed by atoms with Crippen LogP contribution in [0, 0.1) is 0 Å². The van der Waals surface area contributed by atoms with Crippen LogP contribution in [0.1, 0.15) is 5.56 Å². The molecule has 0 aliphatic carbocycles. The van der Waals surface area contributed by atoms with Gasteiger partial charge in [0, 0.05) is 11.6 Å². The van der Waals surface area contributed by atoms with E-state index in [2.05, 4.69) is 28.8 Å². The normalized spacial score (nSPS) is 10.8. The average molecular weight is 267 g/mol. The Bertz CT molecular complexity index is 689. The molecule has 2 aromatic carbocycles. The Hall–Kier alpha value is -2.26. The van der Waals surface area contributed by atoms with Crippen LogP contribution in [-0.4, -0.2) is 11.7 Å². The molecule has 3 aromatic rings. The maximum atomic E-state index is 5.76. The lowest BCUT2D eigenvalue weighted by molar-refractivity contribution is 0.0668. The molecule has 0 spiro atoms. The van der Waals surface area contributed by atoms with Gasteiger partial charge in [-0.15, -0.1) is 0 Å². The van der Waals surface area contributed by atoms with Gasteiger partial charge in [0.2, 0.25) is 0 Å². The highest BCUT2D eigenvalue weighted by molar-refractivity contribution is 5.81. The predicted molar refractivity (Wildman–Crippen MR) is 79.7 cm³/mol. The van der Waals surface area contributed by atoms with E-state index in [1.54, 1.807) is 7.11 Å². The zero-order valence-corrected chi connectivity index (χ0v) is 11.5. The second-order valence-corrected chi connectivity index (χ2v) is 4.67. The van der Waals surface area contributed by atoms with Gasteiger partial charge in [-0.2, -0.15) is 0 Å². The van der Waals surface area contributed by atoms with E-state index in [0.717, 1.165) is 16.7 Å². The molecule has 0 bridgehead atoms. The molecule has 102 valence electrons. The first kappa shape index (κ1) is 12.8. The molecule has 0 saturated carbocycles. The number of benzene rings is 2. The number of methoxy groups -OCH3 is 1. The predicted octanol–water partition coefficient (Wildman–Crippen LogP) is 3.82. The van der Waals surface area contributed by atoms with E-state index < -0.39 is 0 Å². The number of hydrogen-bond donors (Lipinski definition) is 0. The minimum absolute atomic E-state index is 0.546. The second kappa shape index (κ2) is 5.80. The van der Waals surface area contributed by atoms with Crippen LogP contribution < -0.4 is 4.74 Å². The van der Waals surface area contributed by atoms with E-state index in [4.69, 9.17) is 9.47 Å². The maximum absolute atomic E-state index is 5.76. The molecule has 1 aromatic heterocycles. The van der Waals surface area contributed by atoms with Crippen molar-refractivity contribution in [2.24, 2.45) is 0 Å². The average Bonchev–Trinajstić information content (AvgIpc) is 2.91. The van der Waals surface area contributed by atoms with Crippen LogP contribution in [0.5, 0.6) is 5.75 Å². The van der Waals surface area contributed by atoms with E-state index in [1.165, 1.54) is 5.56 Å². The summed E-state index contributed by atoms with van der Waals surface area (Å²) in [5.74, 6) is 0.875. The van der Waals surface area contributed by atoms with E-state index >= 15 is 0 Å². The third-order valence-corrected chi connectivity index (χ3v) is 3.32. The molecule has 0 atom stereocenters. The fraction of sp³-hybridized carbons (Fsp3) is 0.176. The van der Waals surface area contributed by atoms with Gasteiger partial charge in [-0.1, -0.05) is 30.3 Å². The second-order valence-electron chi connectivity index (χ2n) is 4.67. The Morgan fingerprint density at radius 1 is 1.00 bits per heavy atom. The van der Waals surface area contributed by atoms with Gasteiger partial charge in [0.1, 0.15) is 12.5 Å². The number of rotatable bonds is 5. The number of aromatic nitrogens is 1. The lowest BCUT2D eigenvalue weighted by Gasteiger charge is -2.08. The molecule has 0 N–H and O–H groups in total. The van der Waals surface area contributed by atoms with Crippen molar-refractivity contribution in [2.75, 3.05) is 7.11 Å². The van der Waals surface area contributed by atoms with Crippen molar-refractivity contribution in [3.05, 3.63) is 66.4 Å². The van der Waals surface area contributed by atoms with Crippen molar-refractivity contribution >= 4 is 10.9 Å². The number of fused-ring (bicyclic) bond motifs is 1. The lowest BCUT2D eigenvalue weighted by atomic mass is 10.2. The molecule has 0 aliphatic rings. The summed E-state index contributed by atoms with van der Waals surface area (Å²) in [6.45, 7) is 1.17. The van der Waals surface area contributed by atoms with Crippen molar-refractivity contribution in [3.8, 4) is 5.75 Å². The van der Waals surface area contributed by atoms with Gasteiger partial charge in [0.15, 0.2) is 0 Å². The first-order valence-electron chi connectivity index (χ1n) is 6.61. The monoisotopic (exact) mass is 267 g/mol. The molecule has 3 rings (SSSR count). The molecular weight excluding hydrogens is 250 g/mol. The fourth-order valence-electron chi connectivity index (χ4n) is 2.25. The van der Waals surface area contributed by atoms with Crippen LogP contribution in [0.25, 0.3) is 10.9 Å². The molecule has 3 heteroatoms. The van der Waals surface area contributed by atoms with Crippen LogP contribution >= 0.6 is 0 Å². The van der Waals surface area contributed by atoms with Crippen molar-refractivity contribution in [1.29, 1.82) is 0 Å². The lowest BCUT2D eigenvalue weighted by Crippen LogP contribution is -2.01. The van der Waals surface area contributed by atoms with Crippen LogP contribution in [0.15, 0.2) is 60.8 Å². The molecule has 0 fully saturated rings. The standard InChI is InChI=1S/C17H17NO2/c1-19-16-7-8-17-15(11-16)9-10-18(17)13-20-12-14-5-3-2-4-6-14/h2-11H,12-13H2,1H3. The van der Waals surface area contributed by atoms with Gasteiger partial charge in [-0.05, 0) is 29.8 Å². The Kier molecular flexibility index (Phi) is 3.70. The highest BCUT2D eigenvalue weighted by Crippen LogP contribution is 2.21. The molecule has 0 radical (unpaired) electrons. The van der Waals surface area contributed by atoms with Gasteiger partial charge >= 0.3 is 0 Å². The number of ether oxygens (including phenoxy) is 2. The van der Waals surface area contributed by atoms with E-state index in [0.29, 0.717) is 13.3 Å². The number of nitrogens with zero attached hydrogens (tertiary/aromatic N) is 1. The van der Waals surface area contributed by atoms with Crippen LogP contribution in [0.4, 0.5) is 0 Å². The summed E-state index contributed by atoms with van der Waals surface area (Å²) in [6.07, 6.45) is 2.04. The van der Waals surface area contributed by atoms with E-state index in [-0.39, 0.29) is 0 Å². The first-order chi connectivity index (χ1) is 9.86. The molecule has 0 aliphatic heterocycles. The third-order valence-electron chi connectivity index (χ3n) is 3.32. The fourth-order valence-corrected chi connectivity index (χ4v) is 2.25. The highest BCUT2D eigenvalue weighted by Gasteiger charge is 2.02. The van der Waals surface area contributed by atoms with Gasteiger partial charge in [0.05, 0.1) is 19.2 Å². The molecule has 20 heavy (non-hydrogen) atoms. The smallest absolute Gasteiger partial charge is 0.123 e. The SMILES string of the molecule is COc1ccc2c(ccn2COCc2ccccc2)c1.